The van der Waals surface area contributed by atoms with Crippen LogP contribution in [0.1, 0.15) is 32.3 Å². The number of benzene rings is 1. The van der Waals surface area contributed by atoms with Crippen LogP contribution in [-0.2, 0) is 14.3 Å². The molecule has 1 aliphatic carbocycles. The molecule has 6 nitrogen and oxygen atoms in total. The van der Waals surface area contributed by atoms with E-state index >= 15 is 0 Å². The van der Waals surface area contributed by atoms with Crippen molar-refractivity contribution in [2.75, 3.05) is 23.8 Å². The summed E-state index contributed by atoms with van der Waals surface area (Å²) in [6.45, 7) is 6.25. The number of ether oxygens (including phenoxy) is 2. The lowest BCUT2D eigenvalue weighted by Crippen LogP contribution is -2.28. The molecule has 1 fully saturated rings. The molecule has 2 rings (SSSR count). The first-order valence-corrected chi connectivity index (χ1v) is 7.97. The molecule has 1 aliphatic rings. The van der Waals surface area contributed by atoms with Crippen LogP contribution < -0.4 is 10.6 Å². The average Bonchev–Trinajstić information content (AvgIpc) is 3.33. The zero-order valence-corrected chi connectivity index (χ0v) is 13.8. The summed E-state index contributed by atoms with van der Waals surface area (Å²) in [7, 11) is 0. The first-order chi connectivity index (χ1) is 11.0. The highest BCUT2D eigenvalue weighted by molar-refractivity contribution is 5.96. The van der Waals surface area contributed by atoms with Crippen molar-refractivity contribution in [3.8, 4) is 0 Å². The molecule has 0 spiro atoms. The van der Waals surface area contributed by atoms with Gasteiger partial charge in [0.05, 0.1) is 13.2 Å². The molecule has 0 radical (unpaired) electrons. The summed E-state index contributed by atoms with van der Waals surface area (Å²) >= 11 is 0. The summed E-state index contributed by atoms with van der Waals surface area (Å²) in [6.07, 6.45) is 1.36. The average molecular weight is 320 g/mol. The molecule has 1 aromatic rings. The second kappa shape index (κ2) is 7.97. The quantitative estimate of drug-likeness (QED) is 0.808. The molecule has 126 valence electrons. The molecule has 23 heavy (non-hydrogen) atoms. The third-order valence-corrected chi connectivity index (χ3v) is 3.75. The second-order valence-electron chi connectivity index (χ2n) is 5.73. The van der Waals surface area contributed by atoms with Crippen molar-refractivity contribution in [3.05, 3.63) is 23.8 Å². The van der Waals surface area contributed by atoms with Gasteiger partial charge >= 0.3 is 6.09 Å². The van der Waals surface area contributed by atoms with Crippen LogP contribution in [0.3, 0.4) is 0 Å². The molecule has 1 saturated carbocycles. The van der Waals surface area contributed by atoms with E-state index in [-0.39, 0.29) is 5.91 Å². The lowest BCUT2D eigenvalue weighted by molar-refractivity contribution is -0.126. The first kappa shape index (κ1) is 17.3. The maximum Gasteiger partial charge on any atom is 0.411 e. The van der Waals surface area contributed by atoms with Crippen LogP contribution in [0.5, 0.6) is 0 Å². The van der Waals surface area contributed by atoms with Crippen molar-refractivity contribution >= 4 is 23.4 Å². The predicted molar refractivity (Wildman–Crippen MR) is 88.6 cm³/mol. The highest BCUT2D eigenvalue weighted by Gasteiger charge is 2.24. The van der Waals surface area contributed by atoms with E-state index in [1.807, 2.05) is 6.92 Å². The molecule has 0 aliphatic heterocycles. The van der Waals surface area contributed by atoms with Crippen LogP contribution in [0.25, 0.3) is 0 Å². The number of rotatable bonds is 7. The van der Waals surface area contributed by atoms with Gasteiger partial charge in [-0.25, -0.2) is 4.79 Å². The van der Waals surface area contributed by atoms with Crippen LogP contribution in [0.15, 0.2) is 18.2 Å². The van der Waals surface area contributed by atoms with Crippen LogP contribution >= 0.6 is 0 Å². The van der Waals surface area contributed by atoms with Gasteiger partial charge in [0.25, 0.3) is 5.91 Å². The van der Waals surface area contributed by atoms with Gasteiger partial charge < -0.3 is 14.8 Å². The van der Waals surface area contributed by atoms with Crippen LogP contribution in [0.2, 0.25) is 0 Å². The summed E-state index contributed by atoms with van der Waals surface area (Å²) < 4.78 is 10.4. The Kier molecular flexibility index (Phi) is 5.98. The molecule has 0 heterocycles. The summed E-state index contributed by atoms with van der Waals surface area (Å²) in [5.74, 6) is 0.422. The summed E-state index contributed by atoms with van der Waals surface area (Å²) in [5.41, 5.74) is 2.02. The molecule has 2 amide bonds. The molecule has 1 atom stereocenters. The second-order valence-corrected chi connectivity index (χ2v) is 5.73. The van der Waals surface area contributed by atoms with Crippen molar-refractivity contribution < 1.29 is 19.1 Å². The van der Waals surface area contributed by atoms with Gasteiger partial charge in [0, 0.05) is 11.4 Å². The topological polar surface area (TPSA) is 76.7 Å². The SMILES string of the molecule is CCOC(=O)Nc1cccc(NC(=O)C(C)OCC2CC2)c1C. The van der Waals surface area contributed by atoms with Gasteiger partial charge in [0.2, 0.25) is 0 Å². The summed E-state index contributed by atoms with van der Waals surface area (Å²) in [6, 6.07) is 5.31. The van der Waals surface area contributed by atoms with E-state index < -0.39 is 12.2 Å². The van der Waals surface area contributed by atoms with Crippen molar-refractivity contribution in [3.63, 3.8) is 0 Å². The number of nitrogens with one attached hydrogen (secondary N) is 2. The highest BCUT2D eigenvalue weighted by atomic mass is 16.5. The van der Waals surface area contributed by atoms with Crippen molar-refractivity contribution in [2.45, 2.75) is 39.7 Å². The Morgan fingerprint density at radius 2 is 1.91 bits per heavy atom. The molecule has 1 aromatic carbocycles. The Morgan fingerprint density at radius 3 is 2.52 bits per heavy atom. The van der Waals surface area contributed by atoms with E-state index in [0.29, 0.717) is 30.5 Å². The van der Waals surface area contributed by atoms with E-state index in [9.17, 15) is 9.59 Å². The smallest absolute Gasteiger partial charge is 0.411 e. The van der Waals surface area contributed by atoms with Gasteiger partial charge in [0.1, 0.15) is 6.10 Å². The van der Waals surface area contributed by atoms with Crippen LogP contribution in [-0.4, -0.2) is 31.3 Å². The molecule has 2 N–H and O–H groups in total. The Bertz CT molecular complexity index is 570. The summed E-state index contributed by atoms with van der Waals surface area (Å²) in [4.78, 5) is 23.7. The van der Waals surface area contributed by atoms with Crippen LogP contribution in [0.4, 0.5) is 16.2 Å². The van der Waals surface area contributed by atoms with Gasteiger partial charge in [-0.05, 0) is 57.2 Å². The van der Waals surface area contributed by atoms with Gasteiger partial charge in [0.15, 0.2) is 0 Å². The standard InChI is InChI=1S/C17H24N2O4/c1-4-22-17(21)19-15-7-5-6-14(11(15)2)18-16(20)12(3)23-10-13-8-9-13/h5-7,12-13H,4,8-10H2,1-3H3,(H,18,20)(H,19,21). The maximum absolute atomic E-state index is 12.2. The minimum absolute atomic E-state index is 0.193. The third kappa shape index (κ3) is 5.25. The molecular weight excluding hydrogens is 296 g/mol. The highest BCUT2D eigenvalue weighted by Crippen LogP contribution is 2.29. The van der Waals surface area contributed by atoms with E-state index in [1.165, 1.54) is 12.8 Å². The zero-order chi connectivity index (χ0) is 16.8. The molecule has 0 saturated heterocycles. The van der Waals surface area contributed by atoms with Gasteiger partial charge in [-0.1, -0.05) is 6.07 Å². The Hall–Kier alpha value is -2.08. The fourth-order valence-corrected chi connectivity index (χ4v) is 2.06. The Balaban J connectivity index is 1.95. The van der Waals surface area contributed by atoms with E-state index in [4.69, 9.17) is 9.47 Å². The molecular formula is C17H24N2O4. The number of carbonyl (C=O) groups is 2. The van der Waals surface area contributed by atoms with Gasteiger partial charge in [-0.2, -0.15) is 0 Å². The third-order valence-electron chi connectivity index (χ3n) is 3.75. The van der Waals surface area contributed by atoms with E-state index in [1.54, 1.807) is 32.0 Å². The van der Waals surface area contributed by atoms with Gasteiger partial charge in [-0.3, -0.25) is 10.1 Å². The normalized spacial score (nSPS) is 14.9. The lowest BCUT2D eigenvalue weighted by atomic mass is 10.1. The van der Waals surface area contributed by atoms with E-state index in [0.717, 1.165) is 5.56 Å². The van der Waals surface area contributed by atoms with Gasteiger partial charge in [-0.15, -0.1) is 0 Å². The van der Waals surface area contributed by atoms with Crippen molar-refractivity contribution in [2.24, 2.45) is 5.92 Å². The first-order valence-electron chi connectivity index (χ1n) is 7.97. The minimum atomic E-state index is -0.514. The largest absolute Gasteiger partial charge is 0.450 e. The maximum atomic E-state index is 12.2. The van der Waals surface area contributed by atoms with E-state index in [2.05, 4.69) is 10.6 Å². The Labute approximate surface area is 136 Å². The minimum Gasteiger partial charge on any atom is -0.450 e. The number of anilines is 2. The fraction of sp³-hybridized carbons (Fsp3) is 0.529. The number of amides is 2. The van der Waals surface area contributed by atoms with Crippen molar-refractivity contribution in [1.29, 1.82) is 0 Å². The monoisotopic (exact) mass is 320 g/mol. The lowest BCUT2D eigenvalue weighted by Gasteiger charge is -2.16. The fourth-order valence-electron chi connectivity index (χ4n) is 2.06. The van der Waals surface area contributed by atoms with Crippen molar-refractivity contribution in [1.82, 2.24) is 0 Å². The Morgan fingerprint density at radius 1 is 1.26 bits per heavy atom. The molecule has 0 bridgehead atoms. The zero-order valence-electron chi connectivity index (χ0n) is 13.8. The number of carbonyl (C=O) groups excluding carboxylic acids is 2. The number of hydrogen-bond donors (Lipinski definition) is 2. The predicted octanol–water partition coefficient (Wildman–Crippen LogP) is 3.32. The molecule has 0 aromatic heterocycles. The molecule has 1 unspecified atom stereocenters. The summed E-state index contributed by atoms with van der Waals surface area (Å²) in [5, 5.41) is 5.50. The number of hydrogen-bond acceptors (Lipinski definition) is 4. The molecule has 6 heteroatoms. The van der Waals surface area contributed by atoms with Crippen LogP contribution in [0, 0.1) is 12.8 Å².